The van der Waals surface area contributed by atoms with Crippen LogP contribution in [0.4, 0.5) is 5.95 Å². The van der Waals surface area contributed by atoms with Crippen LogP contribution in [0.5, 0.6) is 0 Å². The Morgan fingerprint density at radius 3 is 2.19 bits per heavy atom. The third-order valence-corrected chi connectivity index (χ3v) is 4.32. The number of halogens is 1. The summed E-state index contributed by atoms with van der Waals surface area (Å²) in [6, 6.07) is 17.8. The number of rotatable bonds is 8. The van der Waals surface area contributed by atoms with Gasteiger partial charge >= 0.3 is 0 Å². The molecule has 1 amide bonds. The molecule has 0 aliphatic heterocycles. The summed E-state index contributed by atoms with van der Waals surface area (Å²) in [7, 11) is 0. The molecule has 0 aliphatic rings. The van der Waals surface area contributed by atoms with E-state index in [2.05, 4.69) is 20.6 Å². The molecule has 3 rings (SSSR count). The first kappa shape index (κ1) is 18.9. The van der Waals surface area contributed by atoms with Gasteiger partial charge in [-0.25, -0.2) is 9.97 Å². The van der Waals surface area contributed by atoms with Crippen LogP contribution in [-0.4, -0.2) is 29.0 Å². The van der Waals surface area contributed by atoms with Crippen molar-refractivity contribution >= 4 is 23.5 Å². The zero-order valence-corrected chi connectivity index (χ0v) is 15.6. The molecule has 138 valence electrons. The monoisotopic (exact) mass is 380 g/mol. The molecule has 0 bridgehead atoms. The molecule has 0 saturated heterocycles. The van der Waals surface area contributed by atoms with Crippen molar-refractivity contribution in [3.63, 3.8) is 0 Å². The number of carbonyl (C=O) groups excluding carboxylic acids is 1. The Balaban J connectivity index is 1.42. The van der Waals surface area contributed by atoms with Gasteiger partial charge in [0.1, 0.15) is 0 Å². The van der Waals surface area contributed by atoms with Crippen molar-refractivity contribution in [3.05, 3.63) is 88.7 Å². The minimum Gasteiger partial charge on any atom is -0.354 e. The molecular formula is C21H21ClN4O. The van der Waals surface area contributed by atoms with Gasteiger partial charge in [-0.2, -0.15) is 0 Å². The zero-order valence-electron chi connectivity index (χ0n) is 14.9. The molecule has 3 aromatic rings. The Bertz CT molecular complexity index is 852. The normalized spacial score (nSPS) is 10.4. The van der Waals surface area contributed by atoms with Gasteiger partial charge in [-0.15, -0.1) is 0 Å². The van der Waals surface area contributed by atoms with Gasteiger partial charge in [0.2, 0.25) is 5.95 Å². The van der Waals surface area contributed by atoms with E-state index in [-0.39, 0.29) is 5.91 Å². The van der Waals surface area contributed by atoms with Gasteiger partial charge in [0.15, 0.2) is 0 Å². The standard InChI is InChI=1S/C21H21ClN4O/c22-19-8-6-17(7-9-19)11-13-24-21-25-14-18(15-26-21)20(27)23-12-10-16-4-2-1-3-5-16/h1-9,14-15H,10-13H2,(H,23,27)(H,24,25,26). The first-order chi connectivity index (χ1) is 13.2. The minimum atomic E-state index is -0.168. The predicted octanol–water partition coefficient (Wildman–Crippen LogP) is 3.76. The van der Waals surface area contributed by atoms with Crippen molar-refractivity contribution in [1.82, 2.24) is 15.3 Å². The van der Waals surface area contributed by atoms with Crippen LogP contribution in [0.25, 0.3) is 0 Å². The molecule has 5 nitrogen and oxygen atoms in total. The third-order valence-electron chi connectivity index (χ3n) is 4.07. The maximum atomic E-state index is 12.2. The van der Waals surface area contributed by atoms with Crippen LogP contribution in [0.1, 0.15) is 21.5 Å². The second-order valence-electron chi connectivity index (χ2n) is 6.09. The van der Waals surface area contributed by atoms with Gasteiger partial charge in [-0.3, -0.25) is 4.79 Å². The number of amides is 1. The van der Waals surface area contributed by atoms with Gasteiger partial charge in [0.25, 0.3) is 5.91 Å². The van der Waals surface area contributed by atoms with Crippen LogP contribution in [0.2, 0.25) is 5.02 Å². The average Bonchev–Trinajstić information content (AvgIpc) is 2.71. The summed E-state index contributed by atoms with van der Waals surface area (Å²) in [5.41, 5.74) is 2.82. The lowest BCUT2D eigenvalue weighted by Gasteiger charge is -2.07. The van der Waals surface area contributed by atoms with E-state index in [1.807, 2.05) is 54.6 Å². The molecule has 1 heterocycles. The molecule has 0 radical (unpaired) electrons. The van der Waals surface area contributed by atoms with Crippen LogP contribution in [0.15, 0.2) is 67.0 Å². The lowest BCUT2D eigenvalue weighted by atomic mass is 10.1. The number of anilines is 1. The fourth-order valence-corrected chi connectivity index (χ4v) is 2.70. The molecule has 0 fully saturated rings. The van der Waals surface area contributed by atoms with E-state index in [9.17, 15) is 4.79 Å². The van der Waals surface area contributed by atoms with E-state index in [4.69, 9.17) is 11.6 Å². The molecule has 2 aromatic carbocycles. The highest BCUT2D eigenvalue weighted by Gasteiger charge is 2.06. The SMILES string of the molecule is O=C(NCCc1ccccc1)c1cnc(NCCc2ccc(Cl)cc2)nc1. The Kier molecular flexibility index (Phi) is 6.77. The molecule has 0 atom stereocenters. The Morgan fingerprint density at radius 1 is 0.852 bits per heavy atom. The van der Waals surface area contributed by atoms with E-state index in [1.54, 1.807) is 0 Å². The summed E-state index contributed by atoms with van der Waals surface area (Å²) in [5.74, 6) is 0.337. The third kappa shape index (κ3) is 6.08. The molecule has 0 unspecified atom stereocenters. The number of aromatic nitrogens is 2. The Morgan fingerprint density at radius 2 is 1.48 bits per heavy atom. The van der Waals surface area contributed by atoms with Crippen molar-refractivity contribution in [2.75, 3.05) is 18.4 Å². The largest absolute Gasteiger partial charge is 0.354 e. The molecule has 27 heavy (non-hydrogen) atoms. The lowest BCUT2D eigenvalue weighted by molar-refractivity contribution is 0.0953. The maximum Gasteiger partial charge on any atom is 0.254 e. The average molecular weight is 381 g/mol. The summed E-state index contributed by atoms with van der Waals surface area (Å²) >= 11 is 5.88. The summed E-state index contributed by atoms with van der Waals surface area (Å²) in [6.07, 6.45) is 4.70. The van der Waals surface area contributed by atoms with Gasteiger partial charge < -0.3 is 10.6 Å². The predicted molar refractivity (Wildman–Crippen MR) is 108 cm³/mol. The second-order valence-corrected chi connectivity index (χ2v) is 6.53. The molecular weight excluding hydrogens is 360 g/mol. The zero-order chi connectivity index (χ0) is 18.9. The van der Waals surface area contributed by atoms with Crippen molar-refractivity contribution in [3.8, 4) is 0 Å². The summed E-state index contributed by atoms with van der Waals surface area (Å²) in [4.78, 5) is 20.6. The molecule has 1 aromatic heterocycles. The highest BCUT2D eigenvalue weighted by atomic mass is 35.5. The summed E-state index contributed by atoms with van der Waals surface area (Å²) in [5, 5.41) is 6.77. The van der Waals surface area contributed by atoms with Crippen molar-refractivity contribution < 1.29 is 4.79 Å². The fourth-order valence-electron chi connectivity index (χ4n) is 2.57. The summed E-state index contributed by atoms with van der Waals surface area (Å²) in [6.45, 7) is 1.27. The van der Waals surface area contributed by atoms with Crippen molar-refractivity contribution in [2.24, 2.45) is 0 Å². The van der Waals surface area contributed by atoms with Crippen LogP contribution in [0.3, 0.4) is 0 Å². The van der Waals surface area contributed by atoms with Crippen LogP contribution < -0.4 is 10.6 Å². The molecule has 0 spiro atoms. The Labute approximate surface area is 163 Å². The number of hydrogen-bond donors (Lipinski definition) is 2. The number of hydrogen-bond acceptors (Lipinski definition) is 4. The van der Waals surface area contributed by atoms with E-state index < -0.39 is 0 Å². The first-order valence-corrected chi connectivity index (χ1v) is 9.21. The van der Waals surface area contributed by atoms with Crippen molar-refractivity contribution in [1.29, 1.82) is 0 Å². The Hall–Kier alpha value is -2.92. The smallest absolute Gasteiger partial charge is 0.254 e. The molecule has 2 N–H and O–H groups in total. The van der Waals surface area contributed by atoms with E-state index >= 15 is 0 Å². The second kappa shape index (κ2) is 9.69. The quantitative estimate of drug-likeness (QED) is 0.624. The molecule has 0 saturated carbocycles. The van der Waals surface area contributed by atoms with Crippen LogP contribution in [0, 0.1) is 0 Å². The van der Waals surface area contributed by atoms with E-state index in [0.717, 1.165) is 17.9 Å². The number of benzene rings is 2. The lowest BCUT2D eigenvalue weighted by Crippen LogP contribution is -2.26. The summed E-state index contributed by atoms with van der Waals surface area (Å²) < 4.78 is 0. The molecule has 6 heteroatoms. The minimum absolute atomic E-state index is 0.168. The van der Waals surface area contributed by atoms with Crippen LogP contribution in [-0.2, 0) is 12.8 Å². The van der Waals surface area contributed by atoms with Gasteiger partial charge in [-0.05, 0) is 36.1 Å². The molecule has 0 aliphatic carbocycles. The van der Waals surface area contributed by atoms with Crippen LogP contribution >= 0.6 is 11.6 Å². The maximum absolute atomic E-state index is 12.2. The van der Waals surface area contributed by atoms with Gasteiger partial charge in [0.05, 0.1) is 5.56 Å². The van der Waals surface area contributed by atoms with E-state index in [1.165, 1.54) is 23.5 Å². The first-order valence-electron chi connectivity index (χ1n) is 8.83. The highest BCUT2D eigenvalue weighted by Crippen LogP contribution is 2.10. The number of nitrogens with zero attached hydrogens (tertiary/aromatic N) is 2. The number of carbonyl (C=O) groups is 1. The highest BCUT2D eigenvalue weighted by molar-refractivity contribution is 6.30. The fraction of sp³-hybridized carbons (Fsp3) is 0.190. The van der Waals surface area contributed by atoms with Gasteiger partial charge in [0, 0.05) is 30.5 Å². The topological polar surface area (TPSA) is 66.9 Å². The van der Waals surface area contributed by atoms with Gasteiger partial charge in [-0.1, -0.05) is 54.1 Å². The van der Waals surface area contributed by atoms with E-state index in [0.29, 0.717) is 24.6 Å². The van der Waals surface area contributed by atoms with Crippen molar-refractivity contribution in [2.45, 2.75) is 12.8 Å². The number of nitrogens with one attached hydrogen (secondary N) is 2.